The van der Waals surface area contributed by atoms with Crippen LogP contribution in [-0.4, -0.2) is 36.0 Å². The van der Waals surface area contributed by atoms with Crippen molar-refractivity contribution in [3.8, 4) is 11.5 Å². The summed E-state index contributed by atoms with van der Waals surface area (Å²) in [7, 11) is 3.10. The van der Waals surface area contributed by atoms with Gasteiger partial charge in [0.05, 0.1) is 32.9 Å². The van der Waals surface area contributed by atoms with E-state index in [1.54, 1.807) is 62.8 Å². The molecule has 0 saturated heterocycles. The lowest BCUT2D eigenvalue weighted by atomic mass is 9.88. The Balaban J connectivity index is 1.67. The molecular weight excluding hydrogens is 396 g/mol. The third-order valence-corrected chi connectivity index (χ3v) is 5.45. The summed E-state index contributed by atoms with van der Waals surface area (Å²) in [5.74, 6) is 0.258. The lowest BCUT2D eigenvalue weighted by Gasteiger charge is -2.23. The van der Waals surface area contributed by atoms with Gasteiger partial charge in [-0.3, -0.25) is 14.6 Å². The largest absolute Gasteiger partial charge is 0.493 e. The zero-order valence-electron chi connectivity index (χ0n) is 17.2. The average Bonchev–Trinajstić information content (AvgIpc) is 3.01. The van der Waals surface area contributed by atoms with Crippen LogP contribution < -0.4 is 14.4 Å². The summed E-state index contributed by atoms with van der Waals surface area (Å²) in [6, 6.07) is 15.5. The van der Waals surface area contributed by atoms with Gasteiger partial charge in [0.2, 0.25) is 0 Å². The van der Waals surface area contributed by atoms with E-state index >= 15 is 0 Å². The molecule has 2 heterocycles. The van der Waals surface area contributed by atoms with E-state index in [1.807, 2.05) is 6.07 Å². The van der Waals surface area contributed by atoms with E-state index in [4.69, 9.17) is 9.47 Å². The number of aromatic nitrogens is 1. The molecule has 2 aromatic carbocycles. The van der Waals surface area contributed by atoms with E-state index in [2.05, 4.69) is 4.98 Å². The number of benzene rings is 2. The summed E-state index contributed by atoms with van der Waals surface area (Å²) in [5, 5.41) is 11.4. The molecular formula is C24H22N2O5. The molecule has 7 heteroatoms. The normalized spacial score (nSPS) is 17.4. The van der Waals surface area contributed by atoms with Crippen LogP contribution in [-0.2, 0) is 16.9 Å². The second kappa shape index (κ2) is 8.20. The van der Waals surface area contributed by atoms with Gasteiger partial charge in [-0.05, 0) is 35.9 Å². The Labute approximate surface area is 179 Å². The standard InChI is InChI=1S/C24H22N2O5/c1-30-21-8-7-16(13-22(21)31-2)15-26-19-6-4-3-5-18(19)24(29,23(26)28)14-20(27)17-9-11-25-12-10-17/h3-13,29H,14-15H2,1-2H3/t24-/m1/s1. The van der Waals surface area contributed by atoms with Crippen LogP contribution in [0, 0.1) is 0 Å². The second-order valence-electron chi connectivity index (χ2n) is 7.29. The minimum atomic E-state index is -1.94. The molecule has 0 aliphatic carbocycles. The zero-order valence-corrected chi connectivity index (χ0v) is 17.2. The maximum absolute atomic E-state index is 13.4. The number of Topliss-reactive ketones (excluding diaryl/α,β-unsaturated/α-hetero) is 1. The molecule has 1 atom stereocenters. The Hall–Kier alpha value is -3.71. The number of fused-ring (bicyclic) bond motifs is 1. The molecule has 1 amide bonds. The van der Waals surface area contributed by atoms with E-state index in [-0.39, 0.29) is 18.7 Å². The highest BCUT2D eigenvalue weighted by Crippen LogP contribution is 2.43. The molecule has 0 unspecified atom stereocenters. The predicted molar refractivity (Wildman–Crippen MR) is 114 cm³/mol. The number of hydrogen-bond acceptors (Lipinski definition) is 6. The number of hydrogen-bond donors (Lipinski definition) is 1. The number of carbonyl (C=O) groups excluding carboxylic acids is 2. The molecule has 31 heavy (non-hydrogen) atoms. The lowest BCUT2D eigenvalue weighted by molar-refractivity contribution is -0.136. The topological polar surface area (TPSA) is 89.0 Å². The number of pyridine rings is 1. The highest BCUT2D eigenvalue weighted by atomic mass is 16.5. The number of rotatable bonds is 7. The number of amides is 1. The van der Waals surface area contributed by atoms with Crippen molar-refractivity contribution in [2.75, 3.05) is 19.1 Å². The fraction of sp³-hybridized carbons (Fsp3) is 0.208. The van der Waals surface area contributed by atoms with Crippen molar-refractivity contribution in [1.29, 1.82) is 0 Å². The Morgan fingerprint density at radius 1 is 1.03 bits per heavy atom. The predicted octanol–water partition coefficient (Wildman–Crippen LogP) is 3.11. The summed E-state index contributed by atoms with van der Waals surface area (Å²) < 4.78 is 10.6. The summed E-state index contributed by atoms with van der Waals surface area (Å²) >= 11 is 0. The van der Waals surface area contributed by atoms with Crippen molar-refractivity contribution in [3.63, 3.8) is 0 Å². The zero-order chi connectivity index (χ0) is 22.0. The molecule has 0 spiro atoms. The van der Waals surface area contributed by atoms with Crippen LogP contribution in [0.25, 0.3) is 0 Å². The summed E-state index contributed by atoms with van der Waals surface area (Å²) in [5.41, 5.74) is 0.251. The number of methoxy groups -OCH3 is 2. The monoisotopic (exact) mass is 418 g/mol. The highest BCUT2D eigenvalue weighted by Gasteiger charge is 2.50. The Kier molecular flexibility index (Phi) is 5.44. The lowest BCUT2D eigenvalue weighted by Crippen LogP contribution is -2.41. The molecule has 4 rings (SSSR count). The van der Waals surface area contributed by atoms with Crippen molar-refractivity contribution >= 4 is 17.4 Å². The summed E-state index contributed by atoms with van der Waals surface area (Å²) in [6.45, 7) is 0.210. The molecule has 1 aliphatic heterocycles. The van der Waals surface area contributed by atoms with E-state index in [9.17, 15) is 14.7 Å². The van der Waals surface area contributed by atoms with E-state index < -0.39 is 11.5 Å². The van der Waals surface area contributed by atoms with E-state index in [0.717, 1.165) is 5.56 Å². The van der Waals surface area contributed by atoms with Gasteiger partial charge in [-0.25, -0.2) is 0 Å². The first-order chi connectivity index (χ1) is 15.0. The molecule has 158 valence electrons. The molecule has 0 bridgehead atoms. The van der Waals surface area contributed by atoms with Gasteiger partial charge >= 0.3 is 0 Å². The molecule has 1 aliphatic rings. The first-order valence-electron chi connectivity index (χ1n) is 9.76. The number of nitrogens with zero attached hydrogens (tertiary/aromatic N) is 2. The van der Waals surface area contributed by atoms with Gasteiger partial charge in [0.25, 0.3) is 5.91 Å². The van der Waals surface area contributed by atoms with Gasteiger partial charge in [-0.2, -0.15) is 0 Å². The maximum atomic E-state index is 13.4. The molecule has 0 fully saturated rings. The maximum Gasteiger partial charge on any atom is 0.264 e. The number of para-hydroxylation sites is 1. The van der Waals surface area contributed by atoms with Gasteiger partial charge in [-0.15, -0.1) is 0 Å². The minimum Gasteiger partial charge on any atom is -0.493 e. The second-order valence-corrected chi connectivity index (χ2v) is 7.29. The van der Waals surface area contributed by atoms with Crippen LogP contribution in [0.3, 0.4) is 0 Å². The Morgan fingerprint density at radius 2 is 1.74 bits per heavy atom. The molecule has 3 aromatic rings. The van der Waals surface area contributed by atoms with Crippen LogP contribution >= 0.6 is 0 Å². The number of anilines is 1. The molecule has 1 N–H and O–H groups in total. The van der Waals surface area contributed by atoms with Crippen molar-refractivity contribution in [2.24, 2.45) is 0 Å². The summed E-state index contributed by atoms with van der Waals surface area (Å²) in [4.78, 5) is 31.6. The first kappa shape index (κ1) is 20.6. The molecule has 0 radical (unpaired) electrons. The van der Waals surface area contributed by atoms with E-state index in [0.29, 0.717) is 28.3 Å². The third kappa shape index (κ3) is 3.64. The molecule has 0 saturated carbocycles. The van der Waals surface area contributed by atoms with Crippen LogP contribution in [0.5, 0.6) is 11.5 Å². The Bertz CT molecular complexity index is 1130. The van der Waals surface area contributed by atoms with Crippen molar-refractivity contribution in [2.45, 2.75) is 18.6 Å². The SMILES string of the molecule is COc1ccc(CN2C(=O)[C@@](O)(CC(=O)c3ccncc3)c3ccccc32)cc1OC. The number of carbonyl (C=O) groups is 2. The quantitative estimate of drug-likeness (QED) is 0.593. The fourth-order valence-electron chi connectivity index (χ4n) is 3.87. The molecule has 1 aromatic heterocycles. The van der Waals surface area contributed by atoms with Gasteiger partial charge in [0.15, 0.2) is 22.9 Å². The summed E-state index contributed by atoms with van der Waals surface area (Å²) in [6.07, 6.45) is 2.66. The van der Waals surface area contributed by atoms with Gasteiger partial charge in [0.1, 0.15) is 0 Å². The van der Waals surface area contributed by atoms with E-state index in [1.165, 1.54) is 17.3 Å². The third-order valence-electron chi connectivity index (χ3n) is 5.45. The van der Waals surface area contributed by atoms with Gasteiger partial charge in [-0.1, -0.05) is 24.3 Å². The van der Waals surface area contributed by atoms with Crippen LogP contribution in [0.2, 0.25) is 0 Å². The average molecular weight is 418 g/mol. The van der Waals surface area contributed by atoms with Crippen molar-refractivity contribution < 1.29 is 24.2 Å². The van der Waals surface area contributed by atoms with Crippen LogP contribution in [0.4, 0.5) is 5.69 Å². The van der Waals surface area contributed by atoms with Crippen LogP contribution in [0.15, 0.2) is 67.0 Å². The number of aliphatic hydroxyl groups is 1. The van der Waals surface area contributed by atoms with Crippen molar-refractivity contribution in [3.05, 3.63) is 83.7 Å². The van der Waals surface area contributed by atoms with Crippen LogP contribution in [0.1, 0.15) is 27.9 Å². The van der Waals surface area contributed by atoms with Crippen molar-refractivity contribution in [1.82, 2.24) is 4.98 Å². The first-order valence-corrected chi connectivity index (χ1v) is 9.76. The number of ether oxygens (including phenoxy) is 2. The smallest absolute Gasteiger partial charge is 0.264 e. The fourth-order valence-corrected chi connectivity index (χ4v) is 3.87. The molecule has 7 nitrogen and oxygen atoms in total. The Morgan fingerprint density at radius 3 is 2.45 bits per heavy atom. The van der Waals surface area contributed by atoms with Gasteiger partial charge < -0.3 is 19.5 Å². The van der Waals surface area contributed by atoms with Gasteiger partial charge in [0, 0.05) is 23.5 Å². The minimum absolute atomic E-state index is 0.210. The number of ketones is 1. The highest BCUT2D eigenvalue weighted by molar-refractivity contribution is 6.10.